The van der Waals surface area contributed by atoms with E-state index in [1.165, 1.54) is 16.7 Å². The molecule has 1 aromatic heterocycles. The van der Waals surface area contributed by atoms with Gasteiger partial charge in [-0.3, -0.25) is 4.57 Å². The average Bonchev–Trinajstić information content (AvgIpc) is 2.73. The van der Waals surface area contributed by atoms with Gasteiger partial charge in [-0.05, 0) is 42.9 Å². The van der Waals surface area contributed by atoms with Crippen LogP contribution in [-0.4, -0.2) is 9.55 Å². The van der Waals surface area contributed by atoms with Crippen molar-refractivity contribution in [2.45, 2.75) is 6.92 Å². The number of nitrogens with zero attached hydrogens (tertiary/aromatic N) is 1. The number of nitrogens with one attached hydrogen (secondary N) is 1. The van der Waals surface area contributed by atoms with Gasteiger partial charge < -0.3 is 4.98 Å². The number of aromatic amines is 1. The van der Waals surface area contributed by atoms with Crippen molar-refractivity contribution in [2.75, 3.05) is 0 Å². The van der Waals surface area contributed by atoms with Crippen LogP contribution in [0.5, 0.6) is 0 Å². The number of benzene rings is 2. The standard InChI is InChI=1S/C14H9ClF2N2S/c1-7-5-6-9(16)13(11(7)17)19-12-8(15)3-2-4-10(12)18-14(19)20/h2-6H,1H3,(H,18,20). The smallest absolute Gasteiger partial charge is 0.183 e. The molecular weight excluding hydrogens is 302 g/mol. The van der Waals surface area contributed by atoms with Gasteiger partial charge in [0.25, 0.3) is 0 Å². The Morgan fingerprint density at radius 2 is 1.95 bits per heavy atom. The molecule has 0 fully saturated rings. The minimum Gasteiger partial charge on any atom is -0.330 e. The second-order valence-corrected chi connectivity index (χ2v) is 5.22. The molecule has 3 aromatic rings. The summed E-state index contributed by atoms with van der Waals surface area (Å²) in [4.78, 5) is 2.90. The molecule has 2 aromatic carbocycles. The fourth-order valence-electron chi connectivity index (χ4n) is 2.18. The Morgan fingerprint density at radius 3 is 2.70 bits per heavy atom. The van der Waals surface area contributed by atoms with Crippen molar-refractivity contribution < 1.29 is 8.78 Å². The van der Waals surface area contributed by atoms with E-state index in [-0.39, 0.29) is 10.5 Å². The van der Waals surface area contributed by atoms with Crippen LogP contribution in [0, 0.1) is 23.3 Å². The zero-order valence-corrected chi connectivity index (χ0v) is 11.9. The Bertz CT molecular complexity index is 883. The molecule has 0 aliphatic heterocycles. The van der Waals surface area contributed by atoms with E-state index in [4.69, 9.17) is 23.8 Å². The predicted octanol–water partition coefficient (Wildman–Crippen LogP) is 4.93. The second kappa shape index (κ2) is 4.68. The van der Waals surface area contributed by atoms with Gasteiger partial charge >= 0.3 is 0 Å². The normalized spacial score (nSPS) is 11.2. The highest BCUT2D eigenvalue weighted by atomic mass is 35.5. The van der Waals surface area contributed by atoms with E-state index in [0.717, 1.165) is 0 Å². The molecule has 3 rings (SSSR count). The summed E-state index contributed by atoms with van der Waals surface area (Å²) >= 11 is 11.3. The molecule has 6 heteroatoms. The monoisotopic (exact) mass is 310 g/mol. The lowest BCUT2D eigenvalue weighted by molar-refractivity contribution is 0.564. The summed E-state index contributed by atoms with van der Waals surface area (Å²) in [7, 11) is 0. The second-order valence-electron chi connectivity index (χ2n) is 4.43. The highest BCUT2D eigenvalue weighted by Gasteiger charge is 2.18. The first-order valence-electron chi connectivity index (χ1n) is 5.85. The number of para-hydroxylation sites is 1. The van der Waals surface area contributed by atoms with E-state index in [1.54, 1.807) is 25.1 Å². The van der Waals surface area contributed by atoms with Crippen molar-refractivity contribution in [3.8, 4) is 5.69 Å². The quantitative estimate of drug-likeness (QED) is 0.632. The molecule has 0 spiro atoms. The number of fused-ring (bicyclic) bond motifs is 1. The van der Waals surface area contributed by atoms with Gasteiger partial charge in [0.05, 0.1) is 16.1 Å². The van der Waals surface area contributed by atoms with Crippen LogP contribution in [0.15, 0.2) is 30.3 Å². The number of H-pyrrole nitrogens is 1. The van der Waals surface area contributed by atoms with Gasteiger partial charge in [0, 0.05) is 0 Å². The lowest BCUT2D eigenvalue weighted by atomic mass is 10.2. The molecule has 2 nitrogen and oxygen atoms in total. The van der Waals surface area contributed by atoms with Crippen LogP contribution < -0.4 is 0 Å². The summed E-state index contributed by atoms with van der Waals surface area (Å²) in [5, 5.41) is 0.371. The third-order valence-electron chi connectivity index (χ3n) is 3.14. The predicted molar refractivity (Wildman–Crippen MR) is 78.1 cm³/mol. The van der Waals surface area contributed by atoms with Crippen LogP contribution in [0.1, 0.15) is 5.56 Å². The molecule has 102 valence electrons. The topological polar surface area (TPSA) is 20.7 Å². The molecule has 20 heavy (non-hydrogen) atoms. The summed E-state index contributed by atoms with van der Waals surface area (Å²) in [6.07, 6.45) is 0. The number of aromatic nitrogens is 2. The van der Waals surface area contributed by atoms with Crippen molar-refractivity contribution in [1.82, 2.24) is 9.55 Å². The largest absolute Gasteiger partial charge is 0.330 e. The summed E-state index contributed by atoms with van der Waals surface area (Å²) in [6, 6.07) is 7.73. The number of aryl methyl sites for hydroxylation is 1. The molecule has 1 N–H and O–H groups in total. The van der Waals surface area contributed by atoms with Crippen molar-refractivity contribution in [1.29, 1.82) is 0 Å². The van der Waals surface area contributed by atoms with Crippen LogP contribution in [0.3, 0.4) is 0 Å². The van der Waals surface area contributed by atoms with E-state index in [2.05, 4.69) is 4.98 Å². The zero-order valence-electron chi connectivity index (χ0n) is 10.4. The lowest BCUT2D eigenvalue weighted by Crippen LogP contribution is -2.03. The van der Waals surface area contributed by atoms with Crippen LogP contribution >= 0.6 is 23.8 Å². The van der Waals surface area contributed by atoms with Crippen LogP contribution in [0.25, 0.3) is 16.7 Å². The summed E-state index contributed by atoms with van der Waals surface area (Å²) in [5.74, 6) is -1.34. The van der Waals surface area contributed by atoms with Crippen LogP contribution in [0.2, 0.25) is 5.02 Å². The van der Waals surface area contributed by atoms with Crippen molar-refractivity contribution in [3.63, 3.8) is 0 Å². The highest BCUT2D eigenvalue weighted by Crippen LogP contribution is 2.29. The molecule has 0 aliphatic carbocycles. The third kappa shape index (κ3) is 1.85. The first-order valence-corrected chi connectivity index (χ1v) is 6.63. The highest BCUT2D eigenvalue weighted by molar-refractivity contribution is 7.71. The van der Waals surface area contributed by atoms with Gasteiger partial charge in [0.1, 0.15) is 11.5 Å². The van der Waals surface area contributed by atoms with E-state index in [1.807, 2.05) is 0 Å². The van der Waals surface area contributed by atoms with Gasteiger partial charge in [0.2, 0.25) is 0 Å². The molecule has 0 amide bonds. The number of hydrogen-bond donors (Lipinski definition) is 1. The Labute approximate surface area is 123 Å². The maximum atomic E-state index is 14.3. The summed E-state index contributed by atoms with van der Waals surface area (Å²) in [5.41, 5.74) is 1.21. The van der Waals surface area contributed by atoms with E-state index < -0.39 is 11.6 Å². The molecule has 0 saturated heterocycles. The minimum absolute atomic E-state index is 0.191. The number of halogens is 3. The maximum absolute atomic E-state index is 14.3. The van der Waals surface area contributed by atoms with E-state index in [9.17, 15) is 8.78 Å². The Morgan fingerprint density at radius 1 is 1.20 bits per heavy atom. The first-order chi connectivity index (χ1) is 9.50. The molecule has 0 bridgehead atoms. The van der Waals surface area contributed by atoms with Crippen molar-refractivity contribution >= 4 is 34.9 Å². The summed E-state index contributed by atoms with van der Waals surface area (Å²) in [6.45, 7) is 1.57. The molecule has 1 heterocycles. The number of imidazole rings is 1. The Kier molecular flexibility index (Phi) is 3.11. The van der Waals surface area contributed by atoms with E-state index >= 15 is 0 Å². The molecule has 0 unspecified atom stereocenters. The fourth-order valence-corrected chi connectivity index (χ4v) is 2.73. The lowest BCUT2D eigenvalue weighted by Gasteiger charge is -2.10. The molecule has 0 radical (unpaired) electrons. The average molecular weight is 311 g/mol. The van der Waals surface area contributed by atoms with E-state index in [0.29, 0.717) is 21.6 Å². The van der Waals surface area contributed by atoms with Gasteiger partial charge in [-0.1, -0.05) is 23.7 Å². The van der Waals surface area contributed by atoms with Crippen molar-refractivity contribution in [2.24, 2.45) is 0 Å². The molecule has 0 saturated carbocycles. The molecule has 0 atom stereocenters. The SMILES string of the molecule is Cc1ccc(F)c(-n2c(=S)[nH]c3cccc(Cl)c32)c1F. The van der Waals surface area contributed by atoms with Crippen LogP contribution in [0.4, 0.5) is 8.78 Å². The Hall–Kier alpha value is -1.72. The molecule has 0 aliphatic rings. The van der Waals surface area contributed by atoms with Gasteiger partial charge in [-0.15, -0.1) is 0 Å². The van der Waals surface area contributed by atoms with Crippen LogP contribution in [-0.2, 0) is 0 Å². The Balaban J connectivity index is 2.51. The van der Waals surface area contributed by atoms with Gasteiger partial charge in [-0.2, -0.15) is 0 Å². The summed E-state index contributed by atoms with van der Waals surface area (Å²) < 4.78 is 29.9. The third-order valence-corrected chi connectivity index (χ3v) is 3.73. The zero-order chi connectivity index (χ0) is 14.4. The van der Waals surface area contributed by atoms with Crippen molar-refractivity contribution in [3.05, 3.63) is 57.3 Å². The fraction of sp³-hybridized carbons (Fsp3) is 0.0714. The number of rotatable bonds is 1. The molecular formula is C14H9ClF2N2S. The first kappa shape index (κ1) is 13.3. The van der Waals surface area contributed by atoms with Gasteiger partial charge in [0.15, 0.2) is 10.6 Å². The number of hydrogen-bond acceptors (Lipinski definition) is 1. The maximum Gasteiger partial charge on any atom is 0.183 e. The van der Waals surface area contributed by atoms with Gasteiger partial charge in [-0.25, -0.2) is 8.78 Å². The minimum atomic E-state index is -0.690.